The summed E-state index contributed by atoms with van der Waals surface area (Å²) in [6.07, 6.45) is 3.01. The number of carbonyl (C=O) groups is 2. The highest BCUT2D eigenvalue weighted by atomic mass is 35.5. The first-order valence-corrected chi connectivity index (χ1v) is 10.6. The molecule has 6 nitrogen and oxygen atoms in total. The highest BCUT2D eigenvalue weighted by molar-refractivity contribution is 6.51. The SMILES string of the molecule is CC(C)Oc1ccc(/C(O)=C2\C(=O)C(=O)N(c3ccc(F)c(Cl)c3)C2c2ccncc2)cc1. The number of anilines is 1. The van der Waals surface area contributed by atoms with Crippen LogP contribution >= 0.6 is 11.6 Å². The van der Waals surface area contributed by atoms with Crippen LogP contribution in [-0.2, 0) is 9.59 Å². The van der Waals surface area contributed by atoms with Gasteiger partial charge < -0.3 is 9.84 Å². The summed E-state index contributed by atoms with van der Waals surface area (Å²) in [5, 5.41) is 10.9. The molecule has 4 rings (SSSR count). The van der Waals surface area contributed by atoms with E-state index < -0.39 is 23.5 Å². The number of carbonyl (C=O) groups excluding carboxylic acids is 2. The van der Waals surface area contributed by atoms with E-state index in [0.29, 0.717) is 16.9 Å². The Morgan fingerprint density at radius 3 is 2.36 bits per heavy atom. The molecule has 1 unspecified atom stereocenters. The average Bonchev–Trinajstić information content (AvgIpc) is 3.06. The first-order valence-electron chi connectivity index (χ1n) is 10.2. The van der Waals surface area contributed by atoms with Crippen LogP contribution in [0.2, 0.25) is 5.02 Å². The molecule has 3 aromatic rings. The summed E-state index contributed by atoms with van der Waals surface area (Å²) in [5.74, 6) is -2.10. The fourth-order valence-electron chi connectivity index (χ4n) is 3.71. The second-order valence-corrected chi connectivity index (χ2v) is 8.15. The second-order valence-electron chi connectivity index (χ2n) is 7.74. The van der Waals surface area contributed by atoms with Gasteiger partial charge in [0, 0.05) is 23.6 Å². The van der Waals surface area contributed by atoms with Crippen LogP contribution in [0.25, 0.3) is 5.76 Å². The van der Waals surface area contributed by atoms with Gasteiger partial charge in [-0.15, -0.1) is 0 Å². The van der Waals surface area contributed by atoms with Crippen LogP contribution in [0.3, 0.4) is 0 Å². The minimum Gasteiger partial charge on any atom is -0.507 e. The summed E-state index contributed by atoms with van der Waals surface area (Å²) in [6.45, 7) is 3.79. The van der Waals surface area contributed by atoms with Gasteiger partial charge in [0.1, 0.15) is 17.3 Å². The van der Waals surface area contributed by atoms with E-state index in [9.17, 15) is 19.1 Å². The Morgan fingerprint density at radius 1 is 1.09 bits per heavy atom. The maximum atomic E-state index is 13.7. The van der Waals surface area contributed by atoms with Gasteiger partial charge in [0.05, 0.1) is 22.7 Å². The number of amides is 1. The number of hydrogen-bond acceptors (Lipinski definition) is 5. The maximum Gasteiger partial charge on any atom is 0.300 e. The lowest BCUT2D eigenvalue weighted by Crippen LogP contribution is -2.29. The van der Waals surface area contributed by atoms with Gasteiger partial charge in [0.25, 0.3) is 11.7 Å². The Morgan fingerprint density at radius 2 is 1.76 bits per heavy atom. The number of nitrogens with zero attached hydrogens (tertiary/aromatic N) is 2. The molecule has 1 amide bonds. The van der Waals surface area contributed by atoms with Crippen molar-refractivity contribution in [3.05, 3.63) is 94.5 Å². The Balaban J connectivity index is 1.86. The van der Waals surface area contributed by atoms with Crippen molar-refractivity contribution in [1.29, 1.82) is 0 Å². The molecule has 1 fully saturated rings. The van der Waals surface area contributed by atoms with Gasteiger partial charge in [0.15, 0.2) is 0 Å². The van der Waals surface area contributed by atoms with E-state index in [-0.39, 0.29) is 28.1 Å². The van der Waals surface area contributed by atoms with E-state index in [1.54, 1.807) is 36.4 Å². The summed E-state index contributed by atoms with van der Waals surface area (Å²) >= 11 is 5.93. The van der Waals surface area contributed by atoms with E-state index in [2.05, 4.69) is 4.98 Å². The number of aromatic nitrogens is 1. The van der Waals surface area contributed by atoms with Gasteiger partial charge >= 0.3 is 0 Å². The lowest BCUT2D eigenvalue weighted by Gasteiger charge is -2.25. The molecule has 1 aromatic heterocycles. The highest BCUT2D eigenvalue weighted by Gasteiger charge is 2.47. The molecular formula is C25H20ClFN2O4. The fourth-order valence-corrected chi connectivity index (χ4v) is 3.89. The average molecular weight is 467 g/mol. The number of rotatable bonds is 5. The number of aliphatic hydroxyl groups excluding tert-OH is 1. The zero-order valence-electron chi connectivity index (χ0n) is 17.8. The molecule has 0 saturated carbocycles. The number of ether oxygens (including phenoxy) is 1. The third-order valence-electron chi connectivity index (χ3n) is 5.15. The molecule has 1 saturated heterocycles. The van der Waals surface area contributed by atoms with Gasteiger partial charge in [-0.2, -0.15) is 0 Å². The van der Waals surface area contributed by atoms with Crippen molar-refractivity contribution in [2.24, 2.45) is 0 Å². The van der Waals surface area contributed by atoms with Gasteiger partial charge in [-0.05, 0) is 74.0 Å². The number of ketones is 1. The summed E-state index contributed by atoms with van der Waals surface area (Å²) in [6, 6.07) is 12.6. The number of halogens is 2. The number of Topliss-reactive ketones (excluding diaryl/α,β-unsaturated/α-hetero) is 1. The van der Waals surface area contributed by atoms with E-state index >= 15 is 0 Å². The van der Waals surface area contributed by atoms with Gasteiger partial charge in [-0.25, -0.2) is 4.39 Å². The monoisotopic (exact) mass is 466 g/mol. The second kappa shape index (κ2) is 9.03. The fraction of sp³-hybridized carbons (Fsp3) is 0.160. The van der Waals surface area contributed by atoms with Crippen molar-refractivity contribution < 1.29 is 23.8 Å². The molecule has 1 N–H and O–H groups in total. The number of benzene rings is 2. The molecule has 0 bridgehead atoms. The predicted octanol–water partition coefficient (Wildman–Crippen LogP) is 5.29. The molecule has 0 radical (unpaired) electrons. The molecular weight excluding hydrogens is 447 g/mol. The normalized spacial score (nSPS) is 17.6. The van der Waals surface area contributed by atoms with E-state index in [4.69, 9.17) is 16.3 Å². The van der Waals surface area contributed by atoms with Crippen molar-refractivity contribution in [3.63, 3.8) is 0 Å². The zero-order chi connectivity index (χ0) is 23.7. The third kappa shape index (κ3) is 4.32. The molecule has 1 atom stereocenters. The topological polar surface area (TPSA) is 79.7 Å². The Labute approximate surface area is 194 Å². The molecule has 33 heavy (non-hydrogen) atoms. The Bertz CT molecular complexity index is 1240. The molecule has 8 heteroatoms. The predicted molar refractivity (Wildman–Crippen MR) is 123 cm³/mol. The van der Waals surface area contributed by atoms with Crippen LogP contribution < -0.4 is 9.64 Å². The quantitative estimate of drug-likeness (QED) is 0.314. The summed E-state index contributed by atoms with van der Waals surface area (Å²) < 4.78 is 19.4. The largest absolute Gasteiger partial charge is 0.507 e. The van der Waals surface area contributed by atoms with E-state index in [0.717, 1.165) is 6.07 Å². The zero-order valence-corrected chi connectivity index (χ0v) is 18.6. The smallest absolute Gasteiger partial charge is 0.300 e. The summed E-state index contributed by atoms with van der Waals surface area (Å²) in [5.41, 5.74) is 1.03. The van der Waals surface area contributed by atoms with Crippen LogP contribution in [0.4, 0.5) is 10.1 Å². The number of aliphatic hydroxyl groups is 1. The molecule has 1 aliphatic heterocycles. The highest BCUT2D eigenvalue weighted by Crippen LogP contribution is 2.42. The lowest BCUT2D eigenvalue weighted by molar-refractivity contribution is -0.132. The van der Waals surface area contributed by atoms with Crippen LogP contribution in [0.5, 0.6) is 5.75 Å². The molecule has 2 aromatic carbocycles. The molecule has 2 heterocycles. The third-order valence-corrected chi connectivity index (χ3v) is 5.44. The van der Waals surface area contributed by atoms with Gasteiger partial charge in [-0.1, -0.05) is 11.6 Å². The van der Waals surface area contributed by atoms with Crippen molar-refractivity contribution >= 4 is 34.7 Å². The molecule has 168 valence electrons. The first-order chi connectivity index (χ1) is 15.8. The summed E-state index contributed by atoms with van der Waals surface area (Å²) in [7, 11) is 0. The number of pyridine rings is 1. The van der Waals surface area contributed by atoms with Crippen LogP contribution in [-0.4, -0.2) is 27.9 Å². The molecule has 0 aliphatic carbocycles. The van der Waals surface area contributed by atoms with Crippen LogP contribution in [0.1, 0.15) is 31.0 Å². The Hall–Kier alpha value is -3.71. The minimum absolute atomic E-state index is 0.0241. The van der Waals surface area contributed by atoms with E-state index in [1.807, 2.05) is 13.8 Å². The van der Waals surface area contributed by atoms with Crippen LogP contribution in [0, 0.1) is 5.82 Å². The minimum atomic E-state index is -0.957. The maximum absolute atomic E-state index is 13.7. The first kappa shape index (κ1) is 22.5. The van der Waals surface area contributed by atoms with Crippen LogP contribution in [0.15, 0.2) is 72.6 Å². The molecule has 0 spiro atoms. The van der Waals surface area contributed by atoms with Gasteiger partial charge in [0.2, 0.25) is 0 Å². The van der Waals surface area contributed by atoms with Crippen molar-refractivity contribution in [1.82, 2.24) is 4.98 Å². The van der Waals surface area contributed by atoms with Crippen molar-refractivity contribution in [3.8, 4) is 5.75 Å². The van der Waals surface area contributed by atoms with Crippen molar-refractivity contribution in [2.45, 2.75) is 26.0 Å². The van der Waals surface area contributed by atoms with Gasteiger partial charge in [-0.3, -0.25) is 19.5 Å². The Kier molecular flexibility index (Phi) is 6.16. The molecule has 1 aliphatic rings. The number of hydrogen-bond donors (Lipinski definition) is 1. The summed E-state index contributed by atoms with van der Waals surface area (Å²) in [4.78, 5) is 31.3. The standard InChI is InChI=1S/C25H20ClFN2O4/c1-14(2)33-18-6-3-16(4-7-18)23(30)21-22(15-9-11-28-12-10-15)29(25(32)24(21)31)17-5-8-20(27)19(26)13-17/h3-14,22,30H,1-2H3/b23-21+. The van der Waals surface area contributed by atoms with E-state index in [1.165, 1.54) is 29.4 Å². The van der Waals surface area contributed by atoms with Crippen molar-refractivity contribution in [2.75, 3.05) is 4.90 Å². The lowest BCUT2D eigenvalue weighted by atomic mass is 9.95.